The van der Waals surface area contributed by atoms with E-state index in [2.05, 4.69) is 11.6 Å². The summed E-state index contributed by atoms with van der Waals surface area (Å²) in [5, 5.41) is 0.0766. The summed E-state index contributed by atoms with van der Waals surface area (Å²) in [5.74, 6) is 0.266. The van der Waals surface area contributed by atoms with E-state index in [9.17, 15) is 4.39 Å². The summed E-state index contributed by atoms with van der Waals surface area (Å²) in [7, 11) is 1.60. The van der Waals surface area contributed by atoms with Crippen LogP contribution in [-0.2, 0) is 4.74 Å². The van der Waals surface area contributed by atoms with Gasteiger partial charge in [0.15, 0.2) is 0 Å². The van der Waals surface area contributed by atoms with Crippen molar-refractivity contribution in [3.63, 3.8) is 0 Å². The van der Waals surface area contributed by atoms with Crippen molar-refractivity contribution in [3.8, 4) is 0 Å². The lowest BCUT2D eigenvalue weighted by atomic mass is 10.1. The summed E-state index contributed by atoms with van der Waals surface area (Å²) in [6.45, 7) is 7.66. The molecule has 0 aliphatic carbocycles. The molecule has 0 radical (unpaired) electrons. The van der Waals surface area contributed by atoms with Crippen LogP contribution in [0.15, 0.2) is 71.1 Å². The van der Waals surface area contributed by atoms with Gasteiger partial charge in [0.05, 0.1) is 23.6 Å². The van der Waals surface area contributed by atoms with Gasteiger partial charge in [0.2, 0.25) is 0 Å². The third-order valence-corrected chi connectivity index (χ3v) is 3.78. The molecule has 3 nitrogen and oxygen atoms in total. The van der Waals surface area contributed by atoms with Gasteiger partial charge in [-0.05, 0) is 54.8 Å². The molecule has 134 valence electrons. The van der Waals surface area contributed by atoms with Gasteiger partial charge >= 0.3 is 0 Å². The highest BCUT2D eigenvalue weighted by Gasteiger charge is 2.04. The third-order valence-electron chi connectivity index (χ3n) is 3.47. The summed E-state index contributed by atoms with van der Waals surface area (Å²) in [4.78, 5) is 4.46. The average molecular weight is 363 g/mol. The Hall–Kier alpha value is -2.17. The van der Waals surface area contributed by atoms with Crippen LogP contribution in [0, 0.1) is 5.82 Å². The SMILES string of the molecule is C=CC(=C\C=C(/C)OC)/C(=C/C(N)CC)/N=C/c1ccc(Cl)c(F)c1. The Morgan fingerprint density at radius 1 is 1.44 bits per heavy atom. The number of halogens is 2. The van der Waals surface area contributed by atoms with Crippen LogP contribution in [0.5, 0.6) is 0 Å². The summed E-state index contributed by atoms with van der Waals surface area (Å²) in [5.41, 5.74) is 8.07. The Morgan fingerprint density at radius 2 is 2.16 bits per heavy atom. The van der Waals surface area contributed by atoms with Crippen LogP contribution in [0.4, 0.5) is 4.39 Å². The Labute approximate surface area is 154 Å². The van der Waals surface area contributed by atoms with Gasteiger partial charge < -0.3 is 10.5 Å². The maximum Gasteiger partial charge on any atom is 0.142 e. The Morgan fingerprint density at radius 3 is 2.72 bits per heavy atom. The minimum absolute atomic E-state index is 0.0766. The monoisotopic (exact) mass is 362 g/mol. The average Bonchev–Trinajstić information content (AvgIpc) is 2.61. The van der Waals surface area contributed by atoms with Crippen molar-refractivity contribution in [1.29, 1.82) is 0 Å². The van der Waals surface area contributed by atoms with E-state index < -0.39 is 5.82 Å². The fraction of sp³-hybridized carbons (Fsp3) is 0.250. The number of nitrogens with zero attached hydrogens (tertiary/aromatic N) is 1. The van der Waals surface area contributed by atoms with Gasteiger partial charge in [0.1, 0.15) is 5.82 Å². The summed E-state index contributed by atoms with van der Waals surface area (Å²) < 4.78 is 18.7. The molecule has 0 bridgehead atoms. The maximum atomic E-state index is 13.6. The highest BCUT2D eigenvalue weighted by molar-refractivity contribution is 6.30. The van der Waals surface area contributed by atoms with Crippen LogP contribution < -0.4 is 5.73 Å². The van der Waals surface area contributed by atoms with Crippen molar-refractivity contribution in [2.24, 2.45) is 10.7 Å². The van der Waals surface area contributed by atoms with Crippen LogP contribution in [0.25, 0.3) is 0 Å². The minimum atomic E-state index is -0.487. The molecule has 5 heteroatoms. The van der Waals surface area contributed by atoms with Gasteiger partial charge in [-0.3, -0.25) is 4.99 Å². The predicted octanol–water partition coefficient (Wildman–Crippen LogP) is 5.18. The highest BCUT2D eigenvalue weighted by atomic mass is 35.5. The van der Waals surface area contributed by atoms with Crippen molar-refractivity contribution in [2.45, 2.75) is 26.3 Å². The summed E-state index contributed by atoms with van der Waals surface area (Å²) >= 11 is 5.70. The molecule has 0 saturated heterocycles. The second-order valence-corrected chi connectivity index (χ2v) is 5.77. The molecular weight excluding hydrogens is 339 g/mol. The normalized spacial score (nSPS) is 14.7. The standard InChI is InChI=1S/C20H24ClFN2O/c1-5-16(9-7-14(3)25-4)20(12-17(23)6-2)24-13-15-8-10-18(21)19(22)11-15/h5,7-13,17H,1,6,23H2,2-4H3/b14-7+,16-9+,20-12-,24-13+. The number of methoxy groups -OCH3 is 1. The van der Waals surface area contributed by atoms with Crippen molar-refractivity contribution in [1.82, 2.24) is 0 Å². The number of rotatable bonds is 8. The van der Waals surface area contributed by atoms with Crippen LogP contribution in [0.2, 0.25) is 5.02 Å². The highest BCUT2D eigenvalue weighted by Crippen LogP contribution is 2.17. The number of allylic oxidation sites excluding steroid dienone is 4. The van der Waals surface area contributed by atoms with E-state index in [0.717, 1.165) is 17.8 Å². The first-order valence-corrected chi connectivity index (χ1v) is 8.31. The molecular formula is C20H24ClFN2O. The Balaban J connectivity index is 3.23. The molecule has 1 rings (SSSR count). The van der Waals surface area contributed by atoms with Crippen LogP contribution in [0.3, 0.4) is 0 Å². The zero-order valence-electron chi connectivity index (χ0n) is 14.8. The fourth-order valence-corrected chi connectivity index (χ4v) is 1.92. The van der Waals surface area contributed by atoms with Gasteiger partial charge in [0.25, 0.3) is 0 Å². The molecule has 1 aromatic carbocycles. The number of hydrogen-bond donors (Lipinski definition) is 1. The van der Waals surface area contributed by atoms with Crippen molar-refractivity contribution < 1.29 is 9.13 Å². The zero-order chi connectivity index (χ0) is 18.8. The topological polar surface area (TPSA) is 47.6 Å². The maximum absolute atomic E-state index is 13.6. The van der Waals surface area contributed by atoms with Crippen LogP contribution >= 0.6 is 11.6 Å². The van der Waals surface area contributed by atoms with E-state index in [4.69, 9.17) is 22.1 Å². The zero-order valence-corrected chi connectivity index (χ0v) is 15.6. The van der Waals surface area contributed by atoms with Crippen LogP contribution in [0.1, 0.15) is 25.8 Å². The van der Waals surface area contributed by atoms with E-state index in [-0.39, 0.29) is 11.1 Å². The van der Waals surface area contributed by atoms with Crippen LogP contribution in [-0.4, -0.2) is 19.4 Å². The molecule has 1 atom stereocenters. The van der Waals surface area contributed by atoms with E-state index in [0.29, 0.717) is 11.3 Å². The molecule has 0 amide bonds. The molecule has 0 spiro atoms. The largest absolute Gasteiger partial charge is 0.501 e. The number of nitrogens with two attached hydrogens (primary N) is 1. The number of benzene rings is 1. The molecule has 0 fully saturated rings. The minimum Gasteiger partial charge on any atom is -0.501 e. The Bertz CT molecular complexity index is 720. The van der Waals surface area contributed by atoms with E-state index >= 15 is 0 Å². The molecule has 0 aliphatic rings. The lowest BCUT2D eigenvalue weighted by molar-refractivity contribution is 0.294. The quantitative estimate of drug-likeness (QED) is 0.393. The van der Waals surface area contributed by atoms with Crippen molar-refractivity contribution in [2.75, 3.05) is 7.11 Å². The lowest BCUT2D eigenvalue weighted by Gasteiger charge is -2.08. The summed E-state index contributed by atoms with van der Waals surface area (Å²) in [6, 6.07) is 4.37. The molecule has 2 N–H and O–H groups in total. The first-order valence-electron chi connectivity index (χ1n) is 7.93. The molecule has 0 saturated carbocycles. The van der Waals surface area contributed by atoms with Gasteiger partial charge in [0, 0.05) is 12.3 Å². The lowest BCUT2D eigenvalue weighted by Crippen LogP contribution is -2.15. The van der Waals surface area contributed by atoms with Gasteiger partial charge in [-0.1, -0.05) is 37.2 Å². The van der Waals surface area contributed by atoms with Gasteiger partial charge in [-0.15, -0.1) is 0 Å². The third kappa shape index (κ3) is 7.08. The first-order chi connectivity index (χ1) is 11.9. The molecule has 1 aromatic rings. The van der Waals surface area contributed by atoms with E-state index in [1.807, 2.05) is 32.1 Å². The smallest absolute Gasteiger partial charge is 0.142 e. The molecule has 0 aliphatic heterocycles. The Kier molecular flexibility index (Phi) is 8.89. The van der Waals surface area contributed by atoms with E-state index in [1.165, 1.54) is 12.1 Å². The summed E-state index contributed by atoms with van der Waals surface area (Å²) in [6.07, 6.45) is 9.54. The number of aliphatic imine (C=N–C) groups is 1. The number of hydrogen-bond acceptors (Lipinski definition) is 3. The molecule has 25 heavy (non-hydrogen) atoms. The first kappa shape index (κ1) is 20.9. The second-order valence-electron chi connectivity index (χ2n) is 5.36. The van der Waals surface area contributed by atoms with Crippen molar-refractivity contribution in [3.05, 3.63) is 82.5 Å². The molecule has 1 unspecified atom stereocenters. The predicted molar refractivity (Wildman–Crippen MR) is 104 cm³/mol. The second kappa shape index (κ2) is 10.6. The molecule has 0 heterocycles. The van der Waals surface area contributed by atoms with Gasteiger partial charge in [-0.25, -0.2) is 4.39 Å². The van der Waals surface area contributed by atoms with Gasteiger partial charge in [-0.2, -0.15) is 0 Å². The van der Waals surface area contributed by atoms with E-state index in [1.54, 1.807) is 25.5 Å². The molecule has 0 aromatic heterocycles. The van der Waals surface area contributed by atoms with Crippen molar-refractivity contribution >= 4 is 17.8 Å². The fourth-order valence-electron chi connectivity index (χ4n) is 1.80. The number of ether oxygens (including phenoxy) is 1.